The molecule has 4 aromatic rings. The molecule has 0 N–H and O–H groups in total. The summed E-state index contributed by atoms with van der Waals surface area (Å²) in [6, 6.07) is 19.5. The van der Waals surface area contributed by atoms with Gasteiger partial charge in [-0.25, -0.2) is 0 Å². The van der Waals surface area contributed by atoms with E-state index in [1.807, 2.05) is 54.6 Å². The number of aldehydes is 1. The van der Waals surface area contributed by atoms with Crippen molar-refractivity contribution in [3.05, 3.63) is 69.8 Å². The average Bonchev–Trinajstić information content (AvgIpc) is 3.09. The van der Waals surface area contributed by atoms with Gasteiger partial charge >= 0.3 is 0 Å². The van der Waals surface area contributed by atoms with Crippen LogP contribution in [-0.2, 0) is 0 Å². The van der Waals surface area contributed by atoms with Gasteiger partial charge in [0.05, 0.1) is 23.4 Å². The summed E-state index contributed by atoms with van der Waals surface area (Å²) in [6.07, 6.45) is 0.810. The molecular formula is C23H17IO4. The largest absolute Gasteiger partial charge is 0.497 e. The fraction of sp³-hybridized carbons (Fsp3) is 0.0870. The lowest BCUT2D eigenvalue weighted by molar-refractivity contribution is 0.112. The van der Waals surface area contributed by atoms with Gasteiger partial charge < -0.3 is 13.9 Å². The Labute approximate surface area is 176 Å². The molecule has 4 rings (SSSR count). The molecule has 3 aromatic carbocycles. The Morgan fingerprint density at radius 3 is 2.21 bits per heavy atom. The molecule has 0 atom stereocenters. The van der Waals surface area contributed by atoms with Crippen LogP contribution in [0.15, 0.2) is 65.1 Å². The first-order valence-electron chi connectivity index (χ1n) is 8.64. The smallest absolute Gasteiger partial charge is 0.153 e. The fourth-order valence-corrected chi connectivity index (χ4v) is 4.02. The third-order valence-corrected chi connectivity index (χ3v) is 5.74. The number of hydrogen-bond donors (Lipinski definition) is 0. The highest BCUT2D eigenvalue weighted by Gasteiger charge is 2.15. The highest BCUT2D eigenvalue weighted by Crippen LogP contribution is 2.37. The number of ether oxygens (including phenoxy) is 2. The van der Waals surface area contributed by atoms with Crippen LogP contribution in [0.3, 0.4) is 0 Å². The first kappa shape index (κ1) is 18.6. The zero-order valence-electron chi connectivity index (χ0n) is 15.4. The highest BCUT2D eigenvalue weighted by atomic mass is 127. The maximum Gasteiger partial charge on any atom is 0.153 e. The van der Waals surface area contributed by atoms with Crippen molar-refractivity contribution >= 4 is 39.8 Å². The number of benzene rings is 3. The monoisotopic (exact) mass is 484 g/mol. The Balaban J connectivity index is 1.79. The summed E-state index contributed by atoms with van der Waals surface area (Å²) in [6.45, 7) is 0. The van der Waals surface area contributed by atoms with E-state index >= 15 is 0 Å². The SMILES string of the molecule is COc1ccc(-c2oc3ccc(-c4ccc(OC)c(C=O)c4)cc3c2I)cc1. The molecule has 0 saturated heterocycles. The second-order valence-corrected chi connectivity index (χ2v) is 7.34. The third-order valence-electron chi connectivity index (χ3n) is 4.67. The van der Waals surface area contributed by atoms with Gasteiger partial charge in [0, 0.05) is 10.9 Å². The normalized spacial score (nSPS) is 10.8. The van der Waals surface area contributed by atoms with E-state index in [4.69, 9.17) is 13.9 Å². The molecule has 4 nitrogen and oxygen atoms in total. The van der Waals surface area contributed by atoms with Gasteiger partial charge in [-0.3, -0.25) is 4.79 Å². The molecule has 5 heteroatoms. The Kier molecular flexibility index (Phi) is 5.09. The van der Waals surface area contributed by atoms with Crippen LogP contribution in [-0.4, -0.2) is 20.5 Å². The third kappa shape index (κ3) is 3.26. The molecule has 0 aliphatic carbocycles. The molecule has 28 heavy (non-hydrogen) atoms. The maximum atomic E-state index is 11.3. The summed E-state index contributed by atoms with van der Waals surface area (Å²) in [4.78, 5) is 11.3. The Hall–Kier alpha value is -2.80. The van der Waals surface area contributed by atoms with E-state index in [2.05, 4.69) is 28.7 Å². The molecule has 1 aromatic heterocycles. The Morgan fingerprint density at radius 1 is 0.857 bits per heavy atom. The molecule has 0 amide bonds. The van der Waals surface area contributed by atoms with Gasteiger partial charge in [0.25, 0.3) is 0 Å². The van der Waals surface area contributed by atoms with Gasteiger partial charge in [-0.2, -0.15) is 0 Å². The predicted octanol–water partition coefficient (Wildman–Crippen LogP) is 6.20. The van der Waals surface area contributed by atoms with E-state index in [1.165, 1.54) is 0 Å². The van der Waals surface area contributed by atoms with E-state index in [9.17, 15) is 4.79 Å². The highest BCUT2D eigenvalue weighted by molar-refractivity contribution is 14.1. The lowest BCUT2D eigenvalue weighted by Crippen LogP contribution is -1.91. The van der Waals surface area contributed by atoms with Gasteiger partial charge in [-0.05, 0) is 82.2 Å². The van der Waals surface area contributed by atoms with Crippen LogP contribution in [0.4, 0.5) is 0 Å². The Bertz CT molecular complexity index is 1160. The molecule has 1 heterocycles. The number of methoxy groups -OCH3 is 2. The number of hydrogen-bond acceptors (Lipinski definition) is 4. The second-order valence-electron chi connectivity index (χ2n) is 6.26. The summed E-state index contributed by atoms with van der Waals surface area (Å²) < 4.78 is 17.6. The lowest BCUT2D eigenvalue weighted by Gasteiger charge is -2.07. The van der Waals surface area contributed by atoms with Crippen LogP contribution in [0.25, 0.3) is 33.4 Å². The van der Waals surface area contributed by atoms with Crippen LogP contribution >= 0.6 is 22.6 Å². The summed E-state index contributed by atoms with van der Waals surface area (Å²) in [5.74, 6) is 2.21. The van der Waals surface area contributed by atoms with Crippen molar-refractivity contribution in [1.29, 1.82) is 0 Å². The average molecular weight is 484 g/mol. The quantitative estimate of drug-likeness (QED) is 0.250. The minimum atomic E-state index is 0.529. The van der Waals surface area contributed by atoms with E-state index in [1.54, 1.807) is 14.2 Å². The first-order valence-corrected chi connectivity index (χ1v) is 9.72. The van der Waals surface area contributed by atoms with Crippen molar-refractivity contribution in [2.24, 2.45) is 0 Å². The molecule has 0 aliphatic rings. The number of halogens is 1. The topological polar surface area (TPSA) is 48.7 Å². The van der Waals surface area contributed by atoms with E-state index in [0.717, 1.165) is 49.0 Å². The molecule has 0 spiro atoms. The van der Waals surface area contributed by atoms with Gasteiger partial charge in [-0.1, -0.05) is 12.1 Å². The van der Waals surface area contributed by atoms with Gasteiger partial charge in [0.15, 0.2) is 6.29 Å². The van der Waals surface area contributed by atoms with Crippen molar-refractivity contribution in [2.75, 3.05) is 14.2 Å². The standard InChI is InChI=1S/C23H17IO4/c1-26-18-7-3-14(4-8-18)23-22(24)19-12-16(6-10-21(19)28-23)15-5-9-20(27-2)17(11-15)13-25/h3-13H,1-2H3. The van der Waals surface area contributed by atoms with Gasteiger partial charge in [0.1, 0.15) is 22.8 Å². The first-order chi connectivity index (χ1) is 13.6. The summed E-state index contributed by atoms with van der Waals surface area (Å²) >= 11 is 2.32. The second kappa shape index (κ2) is 7.67. The summed E-state index contributed by atoms with van der Waals surface area (Å²) in [5.41, 5.74) is 4.31. The molecule has 0 unspecified atom stereocenters. The number of furan rings is 1. The summed E-state index contributed by atoms with van der Waals surface area (Å²) in [5, 5.41) is 1.03. The van der Waals surface area contributed by atoms with Crippen molar-refractivity contribution in [1.82, 2.24) is 0 Å². The van der Waals surface area contributed by atoms with Gasteiger partial charge in [0.2, 0.25) is 0 Å². The van der Waals surface area contributed by atoms with E-state index < -0.39 is 0 Å². The fourth-order valence-electron chi connectivity index (χ4n) is 3.18. The van der Waals surface area contributed by atoms with Crippen LogP contribution in [0.5, 0.6) is 11.5 Å². The minimum Gasteiger partial charge on any atom is -0.497 e. The number of carbonyl (C=O) groups is 1. The van der Waals surface area contributed by atoms with Crippen LogP contribution in [0.1, 0.15) is 10.4 Å². The molecule has 0 bridgehead atoms. The van der Waals surface area contributed by atoms with E-state index in [-0.39, 0.29) is 0 Å². The molecule has 0 fully saturated rings. The van der Waals surface area contributed by atoms with E-state index in [0.29, 0.717) is 11.3 Å². The minimum absolute atomic E-state index is 0.529. The van der Waals surface area contributed by atoms with Crippen molar-refractivity contribution in [3.8, 4) is 33.9 Å². The van der Waals surface area contributed by atoms with Crippen molar-refractivity contribution in [3.63, 3.8) is 0 Å². The Morgan fingerprint density at radius 2 is 1.54 bits per heavy atom. The number of rotatable bonds is 5. The van der Waals surface area contributed by atoms with Crippen LogP contribution < -0.4 is 9.47 Å². The number of fused-ring (bicyclic) bond motifs is 1. The summed E-state index contributed by atoms with van der Waals surface area (Å²) in [7, 11) is 3.21. The van der Waals surface area contributed by atoms with Crippen LogP contribution in [0.2, 0.25) is 0 Å². The lowest BCUT2D eigenvalue weighted by atomic mass is 10.0. The van der Waals surface area contributed by atoms with Gasteiger partial charge in [-0.15, -0.1) is 0 Å². The predicted molar refractivity (Wildman–Crippen MR) is 118 cm³/mol. The molecule has 0 saturated carbocycles. The van der Waals surface area contributed by atoms with Crippen LogP contribution in [0, 0.1) is 3.57 Å². The molecule has 0 aliphatic heterocycles. The molecular weight excluding hydrogens is 467 g/mol. The molecule has 0 radical (unpaired) electrons. The zero-order chi connectivity index (χ0) is 19.7. The maximum absolute atomic E-state index is 11.3. The van der Waals surface area contributed by atoms with Crippen molar-refractivity contribution in [2.45, 2.75) is 0 Å². The molecule has 140 valence electrons. The zero-order valence-corrected chi connectivity index (χ0v) is 17.5. The number of carbonyl (C=O) groups excluding carboxylic acids is 1. The van der Waals surface area contributed by atoms with Crippen molar-refractivity contribution < 1.29 is 18.7 Å².